The van der Waals surface area contributed by atoms with Gasteiger partial charge in [-0.2, -0.15) is 0 Å². The van der Waals surface area contributed by atoms with Gasteiger partial charge >= 0.3 is 0 Å². The van der Waals surface area contributed by atoms with Crippen LogP contribution in [0, 0.1) is 0 Å². The topological polar surface area (TPSA) is 119 Å². The van der Waals surface area contributed by atoms with Gasteiger partial charge in [0.2, 0.25) is 5.91 Å². The second kappa shape index (κ2) is 4.86. The first kappa shape index (κ1) is 12.3. The van der Waals surface area contributed by atoms with Crippen LogP contribution in [0.5, 0.6) is 0 Å². The number of aliphatic hydroxyl groups is 4. The molecule has 0 aromatic rings. The van der Waals surface area contributed by atoms with Crippen LogP contribution in [-0.2, 0) is 9.53 Å². The van der Waals surface area contributed by atoms with Crippen molar-refractivity contribution in [2.45, 2.75) is 37.6 Å². The van der Waals surface area contributed by atoms with Crippen LogP contribution in [-0.4, -0.2) is 63.6 Å². The largest absolute Gasteiger partial charge is 0.388 e. The molecule has 0 aromatic carbocycles. The highest BCUT2D eigenvalue weighted by atomic mass is 16.6. The molecule has 1 unspecified atom stereocenters. The fourth-order valence-corrected chi connectivity index (χ4v) is 1.34. The van der Waals surface area contributed by atoms with Gasteiger partial charge in [-0.3, -0.25) is 4.79 Å². The van der Waals surface area contributed by atoms with E-state index in [2.05, 4.69) is 5.32 Å². The highest BCUT2D eigenvalue weighted by molar-refractivity contribution is 5.72. The first-order valence-electron chi connectivity index (χ1n) is 4.55. The second-order valence-electron chi connectivity index (χ2n) is 3.47. The molecule has 1 aliphatic rings. The number of carbonyl (C=O) groups excluding carboxylic acids is 1. The molecular weight excluding hydrogens is 206 g/mol. The Bertz CT molecular complexity index is 235. The van der Waals surface area contributed by atoms with E-state index in [0.717, 1.165) is 0 Å². The average Bonchev–Trinajstić information content (AvgIpc) is 2.18. The molecular formula is C8H15NO6. The first-order chi connectivity index (χ1) is 6.93. The summed E-state index contributed by atoms with van der Waals surface area (Å²) in [5.74, 6) is -0.319. The molecule has 5 atom stereocenters. The van der Waals surface area contributed by atoms with Crippen molar-refractivity contribution < 1.29 is 30.0 Å². The van der Waals surface area contributed by atoms with Crippen LogP contribution in [0.4, 0.5) is 0 Å². The third kappa shape index (κ3) is 2.86. The molecule has 0 aromatic heterocycles. The van der Waals surface area contributed by atoms with Gasteiger partial charge in [-0.1, -0.05) is 0 Å². The molecule has 1 rings (SSSR count). The van der Waals surface area contributed by atoms with Crippen LogP contribution < -0.4 is 5.32 Å². The van der Waals surface area contributed by atoms with Crippen molar-refractivity contribution in [3.63, 3.8) is 0 Å². The summed E-state index contributed by atoms with van der Waals surface area (Å²) in [5.41, 5.74) is 0. The molecule has 0 saturated carbocycles. The number of nitrogens with one attached hydrogen (secondary N) is 1. The van der Waals surface area contributed by atoms with Crippen molar-refractivity contribution in [3.8, 4) is 0 Å². The summed E-state index contributed by atoms with van der Waals surface area (Å²) in [5, 5.41) is 39.4. The molecule has 5 N–H and O–H groups in total. The zero-order chi connectivity index (χ0) is 11.6. The van der Waals surface area contributed by atoms with E-state index in [1.807, 2.05) is 0 Å². The minimum atomic E-state index is -1.57. The van der Waals surface area contributed by atoms with Crippen LogP contribution in [0.15, 0.2) is 0 Å². The van der Waals surface area contributed by atoms with Crippen molar-refractivity contribution in [3.05, 3.63) is 0 Å². The van der Waals surface area contributed by atoms with E-state index in [0.29, 0.717) is 0 Å². The molecule has 1 fully saturated rings. The van der Waals surface area contributed by atoms with E-state index in [1.165, 1.54) is 6.92 Å². The molecule has 1 heterocycles. The highest BCUT2D eigenvalue weighted by Gasteiger charge is 2.42. The van der Waals surface area contributed by atoms with E-state index in [-0.39, 0.29) is 12.5 Å². The van der Waals surface area contributed by atoms with Crippen molar-refractivity contribution in [1.82, 2.24) is 5.32 Å². The average molecular weight is 221 g/mol. The molecule has 1 saturated heterocycles. The second-order valence-corrected chi connectivity index (χ2v) is 3.47. The molecule has 88 valence electrons. The van der Waals surface area contributed by atoms with Gasteiger partial charge in [-0.25, -0.2) is 0 Å². The lowest BCUT2D eigenvalue weighted by Crippen LogP contribution is -2.59. The van der Waals surface area contributed by atoms with Crippen molar-refractivity contribution in [2.24, 2.45) is 0 Å². The molecule has 7 heteroatoms. The Kier molecular flexibility index (Phi) is 4.00. The fourth-order valence-electron chi connectivity index (χ4n) is 1.34. The molecule has 0 bridgehead atoms. The molecule has 1 amide bonds. The van der Waals surface area contributed by atoms with Gasteiger partial charge in [0, 0.05) is 13.5 Å². The molecule has 0 spiro atoms. The summed E-state index contributed by atoms with van der Waals surface area (Å²) in [6, 6.07) is 0. The highest BCUT2D eigenvalue weighted by Crippen LogP contribution is 2.19. The number of hydrogen-bond donors (Lipinski definition) is 5. The Morgan fingerprint density at radius 2 is 1.80 bits per heavy atom. The van der Waals surface area contributed by atoms with E-state index >= 15 is 0 Å². The minimum absolute atomic E-state index is 0.0443. The van der Waals surface area contributed by atoms with E-state index in [4.69, 9.17) is 14.9 Å². The van der Waals surface area contributed by atoms with Crippen molar-refractivity contribution in [2.75, 3.05) is 6.54 Å². The summed E-state index contributed by atoms with van der Waals surface area (Å²) in [4.78, 5) is 10.6. The van der Waals surface area contributed by atoms with Gasteiger partial charge in [0.15, 0.2) is 6.29 Å². The molecule has 0 radical (unpaired) electrons. The maximum Gasteiger partial charge on any atom is 0.216 e. The van der Waals surface area contributed by atoms with Gasteiger partial charge in [-0.15, -0.1) is 0 Å². The molecule has 7 nitrogen and oxygen atoms in total. The van der Waals surface area contributed by atoms with Crippen LogP contribution in [0.1, 0.15) is 6.92 Å². The predicted octanol–water partition coefficient (Wildman–Crippen LogP) is -3.08. The van der Waals surface area contributed by atoms with E-state index in [9.17, 15) is 15.0 Å². The minimum Gasteiger partial charge on any atom is -0.388 e. The van der Waals surface area contributed by atoms with Gasteiger partial charge < -0.3 is 30.5 Å². The van der Waals surface area contributed by atoms with E-state index in [1.54, 1.807) is 0 Å². The van der Waals surface area contributed by atoms with E-state index < -0.39 is 30.7 Å². The lowest BCUT2D eigenvalue weighted by Gasteiger charge is -2.38. The summed E-state index contributed by atoms with van der Waals surface area (Å²) >= 11 is 0. The number of amides is 1. The van der Waals surface area contributed by atoms with Crippen molar-refractivity contribution in [1.29, 1.82) is 0 Å². The lowest BCUT2D eigenvalue weighted by atomic mass is 9.99. The smallest absolute Gasteiger partial charge is 0.216 e. The molecule has 1 aliphatic heterocycles. The number of hydrogen-bond acceptors (Lipinski definition) is 6. The quantitative estimate of drug-likeness (QED) is 0.337. The Labute approximate surface area is 86.3 Å². The molecule has 15 heavy (non-hydrogen) atoms. The summed E-state index contributed by atoms with van der Waals surface area (Å²) in [7, 11) is 0. The Morgan fingerprint density at radius 3 is 2.33 bits per heavy atom. The van der Waals surface area contributed by atoms with Gasteiger partial charge in [-0.05, 0) is 0 Å². The van der Waals surface area contributed by atoms with Gasteiger partial charge in [0.1, 0.15) is 24.4 Å². The zero-order valence-electron chi connectivity index (χ0n) is 8.20. The maximum absolute atomic E-state index is 10.6. The zero-order valence-corrected chi connectivity index (χ0v) is 8.20. The van der Waals surface area contributed by atoms with Gasteiger partial charge in [0.25, 0.3) is 0 Å². The predicted molar refractivity (Wildman–Crippen MR) is 47.6 cm³/mol. The maximum atomic E-state index is 10.6. The normalized spacial score (nSPS) is 41.3. The van der Waals surface area contributed by atoms with Gasteiger partial charge in [0.05, 0.1) is 0 Å². The Balaban J connectivity index is 2.54. The van der Waals surface area contributed by atoms with Crippen LogP contribution in [0.2, 0.25) is 0 Å². The lowest BCUT2D eigenvalue weighted by molar-refractivity contribution is -0.280. The van der Waals surface area contributed by atoms with Crippen LogP contribution in [0.25, 0.3) is 0 Å². The monoisotopic (exact) mass is 221 g/mol. The Hall–Kier alpha value is -0.730. The van der Waals surface area contributed by atoms with Crippen molar-refractivity contribution >= 4 is 5.91 Å². The SMILES string of the molecule is CC(=O)NC[C@H]1OC(O)[C@H](O)[C@@H](O)[C@H]1O. The number of ether oxygens (including phenoxy) is 1. The number of aliphatic hydroxyl groups excluding tert-OH is 4. The third-order valence-corrected chi connectivity index (χ3v) is 2.24. The Morgan fingerprint density at radius 1 is 1.20 bits per heavy atom. The summed E-state index contributed by atoms with van der Waals surface area (Å²) in [6.45, 7) is 1.24. The van der Waals surface area contributed by atoms with Crippen LogP contribution in [0.3, 0.4) is 0 Å². The number of rotatable bonds is 2. The van der Waals surface area contributed by atoms with Crippen LogP contribution >= 0.6 is 0 Å². The molecule has 0 aliphatic carbocycles. The summed E-state index contributed by atoms with van der Waals surface area (Å²) in [6.07, 6.45) is -6.90. The summed E-state index contributed by atoms with van der Waals surface area (Å²) < 4.78 is 4.81. The third-order valence-electron chi connectivity index (χ3n) is 2.24. The first-order valence-corrected chi connectivity index (χ1v) is 4.55. The fraction of sp³-hybridized carbons (Fsp3) is 0.875. The number of carbonyl (C=O) groups is 1. The standard InChI is InChI=1S/C8H15NO6/c1-3(10)9-2-4-5(11)6(12)7(13)8(14)15-4/h4-8,11-14H,2H2,1H3,(H,9,10)/t4-,5+,6+,7-,8?/m1/s1.